The van der Waals surface area contributed by atoms with Gasteiger partial charge in [-0.1, -0.05) is 52.9 Å². The number of hydrogen-bond donors (Lipinski definition) is 1. The van der Waals surface area contributed by atoms with E-state index in [1.54, 1.807) is 0 Å². The van der Waals surface area contributed by atoms with Crippen molar-refractivity contribution in [2.75, 3.05) is 4.43 Å². The van der Waals surface area contributed by atoms with Crippen molar-refractivity contribution in [2.45, 2.75) is 19.1 Å². The molecule has 0 spiro atoms. The molecule has 0 fully saturated rings. The quantitative estimate of drug-likeness (QED) is 0.512. The molecule has 0 bridgehead atoms. The summed E-state index contributed by atoms with van der Waals surface area (Å²) in [6, 6.07) is 9.08. The van der Waals surface area contributed by atoms with Gasteiger partial charge in [0.25, 0.3) is 0 Å². The number of halogens is 1. The van der Waals surface area contributed by atoms with Gasteiger partial charge < -0.3 is 10.5 Å². The average molecular weight is 319 g/mol. The molecular weight excluding hydrogens is 305 g/mol. The largest absolute Gasteiger partial charge is 0.460 e. The third-order valence-electron chi connectivity index (χ3n) is 1.95. The first-order valence-electron chi connectivity index (χ1n) is 4.76. The second-order valence-corrected chi connectivity index (χ2v) is 4.26. The number of ether oxygens (including phenoxy) is 1. The van der Waals surface area contributed by atoms with Crippen LogP contribution in [0.3, 0.4) is 0 Å². The van der Waals surface area contributed by atoms with Crippen LogP contribution in [0.4, 0.5) is 0 Å². The van der Waals surface area contributed by atoms with Crippen molar-refractivity contribution in [2.24, 2.45) is 5.73 Å². The van der Waals surface area contributed by atoms with Crippen LogP contribution in [0, 0.1) is 0 Å². The van der Waals surface area contributed by atoms with E-state index in [1.165, 1.54) is 0 Å². The second-order valence-electron chi connectivity index (χ2n) is 3.18. The number of rotatable bonds is 5. The lowest BCUT2D eigenvalue weighted by molar-refractivity contribution is -0.146. The zero-order valence-electron chi connectivity index (χ0n) is 8.36. The zero-order chi connectivity index (χ0) is 11.1. The molecule has 0 aliphatic rings. The second kappa shape index (κ2) is 6.79. The van der Waals surface area contributed by atoms with Gasteiger partial charge in [0.2, 0.25) is 0 Å². The summed E-state index contributed by atoms with van der Waals surface area (Å²) in [5.41, 5.74) is 6.59. The Bertz CT molecular complexity index is 303. The first-order valence-corrected chi connectivity index (χ1v) is 6.28. The van der Waals surface area contributed by atoms with Crippen molar-refractivity contribution in [1.82, 2.24) is 0 Å². The highest BCUT2D eigenvalue weighted by Gasteiger charge is 2.13. The van der Waals surface area contributed by atoms with Gasteiger partial charge in [-0.05, 0) is 12.0 Å². The monoisotopic (exact) mass is 319 g/mol. The molecule has 1 rings (SSSR count). The minimum Gasteiger partial charge on any atom is -0.460 e. The Kier molecular flexibility index (Phi) is 5.63. The van der Waals surface area contributed by atoms with Gasteiger partial charge in [0.1, 0.15) is 12.6 Å². The molecule has 0 unspecified atom stereocenters. The van der Waals surface area contributed by atoms with Crippen molar-refractivity contribution in [1.29, 1.82) is 0 Å². The number of nitrogens with two attached hydrogens (primary N) is 1. The first-order chi connectivity index (χ1) is 7.24. The molecule has 0 heterocycles. The van der Waals surface area contributed by atoms with Crippen molar-refractivity contribution in [3.63, 3.8) is 0 Å². The maximum absolute atomic E-state index is 11.4. The maximum atomic E-state index is 11.4. The normalized spacial score (nSPS) is 12.1. The highest BCUT2D eigenvalue weighted by Crippen LogP contribution is 2.03. The fraction of sp³-hybridized carbons (Fsp3) is 0.364. The molecule has 1 aromatic carbocycles. The van der Waals surface area contributed by atoms with Gasteiger partial charge in [0.05, 0.1) is 0 Å². The van der Waals surface area contributed by atoms with Crippen LogP contribution in [0.5, 0.6) is 0 Å². The van der Waals surface area contributed by atoms with E-state index >= 15 is 0 Å². The average Bonchev–Trinajstić information content (AvgIpc) is 2.27. The standard InChI is InChI=1S/C11H14INO2/c12-7-6-10(13)11(14)15-8-9-4-2-1-3-5-9/h1-5,10H,6-8,13H2/t10-/m0/s1. The lowest BCUT2D eigenvalue weighted by Crippen LogP contribution is -2.32. The number of esters is 1. The molecule has 0 aliphatic carbocycles. The van der Waals surface area contributed by atoms with Gasteiger partial charge in [-0.15, -0.1) is 0 Å². The SMILES string of the molecule is N[C@@H](CCI)C(=O)OCc1ccccc1. The molecule has 0 radical (unpaired) electrons. The van der Waals surface area contributed by atoms with Crippen LogP contribution in [0.15, 0.2) is 30.3 Å². The molecule has 82 valence electrons. The van der Waals surface area contributed by atoms with Crippen LogP contribution < -0.4 is 5.73 Å². The summed E-state index contributed by atoms with van der Waals surface area (Å²) in [5, 5.41) is 0. The Morgan fingerprint density at radius 2 is 2.07 bits per heavy atom. The fourth-order valence-electron chi connectivity index (χ4n) is 1.07. The molecule has 0 aromatic heterocycles. The molecule has 0 saturated carbocycles. The summed E-state index contributed by atoms with van der Waals surface area (Å²) < 4.78 is 5.94. The summed E-state index contributed by atoms with van der Waals surface area (Å²) in [6.07, 6.45) is 0.661. The predicted octanol–water partition coefficient (Wildman–Crippen LogP) is 1.88. The Morgan fingerprint density at radius 3 is 2.67 bits per heavy atom. The van der Waals surface area contributed by atoms with E-state index in [4.69, 9.17) is 10.5 Å². The summed E-state index contributed by atoms with van der Waals surface area (Å²) in [5.74, 6) is -0.324. The molecule has 0 saturated heterocycles. The highest BCUT2D eigenvalue weighted by molar-refractivity contribution is 14.1. The van der Waals surface area contributed by atoms with Crippen LogP contribution in [-0.2, 0) is 16.1 Å². The molecular formula is C11H14INO2. The Morgan fingerprint density at radius 1 is 1.40 bits per heavy atom. The zero-order valence-corrected chi connectivity index (χ0v) is 10.5. The van der Waals surface area contributed by atoms with Crippen LogP contribution in [0.1, 0.15) is 12.0 Å². The van der Waals surface area contributed by atoms with E-state index in [0.29, 0.717) is 13.0 Å². The fourth-order valence-corrected chi connectivity index (χ4v) is 1.74. The molecule has 0 aliphatic heterocycles. The molecule has 1 aromatic rings. The molecule has 1 atom stereocenters. The number of benzene rings is 1. The summed E-state index contributed by atoms with van der Waals surface area (Å²) in [4.78, 5) is 11.4. The molecule has 4 heteroatoms. The molecule has 15 heavy (non-hydrogen) atoms. The minimum atomic E-state index is -0.495. The summed E-state index contributed by atoms with van der Waals surface area (Å²) >= 11 is 2.19. The van der Waals surface area contributed by atoms with Crippen LogP contribution in [-0.4, -0.2) is 16.4 Å². The van der Waals surface area contributed by atoms with Crippen LogP contribution >= 0.6 is 22.6 Å². The van der Waals surface area contributed by atoms with Gasteiger partial charge >= 0.3 is 5.97 Å². The van der Waals surface area contributed by atoms with E-state index in [9.17, 15) is 4.79 Å². The van der Waals surface area contributed by atoms with E-state index in [0.717, 1.165) is 9.99 Å². The molecule has 3 nitrogen and oxygen atoms in total. The van der Waals surface area contributed by atoms with Crippen molar-refractivity contribution in [3.05, 3.63) is 35.9 Å². The van der Waals surface area contributed by atoms with Gasteiger partial charge in [0.15, 0.2) is 0 Å². The lowest BCUT2D eigenvalue weighted by atomic mass is 10.2. The highest BCUT2D eigenvalue weighted by atomic mass is 127. The van der Waals surface area contributed by atoms with Crippen LogP contribution in [0.25, 0.3) is 0 Å². The van der Waals surface area contributed by atoms with E-state index in [2.05, 4.69) is 22.6 Å². The van der Waals surface area contributed by atoms with Crippen molar-refractivity contribution < 1.29 is 9.53 Å². The van der Waals surface area contributed by atoms with E-state index in [1.807, 2.05) is 30.3 Å². The number of carbonyl (C=O) groups excluding carboxylic acids is 1. The summed E-state index contributed by atoms with van der Waals surface area (Å²) in [6.45, 7) is 0.300. The third kappa shape index (κ3) is 4.61. The Balaban J connectivity index is 2.34. The van der Waals surface area contributed by atoms with E-state index in [-0.39, 0.29) is 5.97 Å². The van der Waals surface area contributed by atoms with Crippen molar-refractivity contribution >= 4 is 28.6 Å². The number of alkyl halides is 1. The minimum absolute atomic E-state index is 0.300. The van der Waals surface area contributed by atoms with Gasteiger partial charge in [-0.3, -0.25) is 4.79 Å². The predicted molar refractivity (Wildman–Crippen MR) is 67.7 cm³/mol. The number of carbonyl (C=O) groups is 1. The lowest BCUT2D eigenvalue weighted by Gasteiger charge is -2.09. The van der Waals surface area contributed by atoms with Gasteiger partial charge in [-0.25, -0.2) is 0 Å². The Hall–Kier alpha value is -0.620. The van der Waals surface area contributed by atoms with Crippen molar-refractivity contribution in [3.8, 4) is 0 Å². The first kappa shape index (κ1) is 12.4. The molecule has 0 amide bonds. The van der Waals surface area contributed by atoms with Crippen LogP contribution in [0.2, 0.25) is 0 Å². The third-order valence-corrected chi connectivity index (χ3v) is 2.57. The maximum Gasteiger partial charge on any atom is 0.323 e. The Labute approximate surface area is 103 Å². The smallest absolute Gasteiger partial charge is 0.323 e. The van der Waals surface area contributed by atoms with Gasteiger partial charge in [0, 0.05) is 4.43 Å². The number of hydrogen-bond acceptors (Lipinski definition) is 3. The molecule has 2 N–H and O–H groups in total. The van der Waals surface area contributed by atoms with Gasteiger partial charge in [-0.2, -0.15) is 0 Å². The summed E-state index contributed by atoms with van der Waals surface area (Å²) in [7, 11) is 0. The topological polar surface area (TPSA) is 52.3 Å². The van der Waals surface area contributed by atoms with E-state index < -0.39 is 6.04 Å².